The van der Waals surface area contributed by atoms with Gasteiger partial charge in [0, 0.05) is 24.2 Å². The van der Waals surface area contributed by atoms with Crippen molar-refractivity contribution in [3.05, 3.63) is 75.0 Å². The van der Waals surface area contributed by atoms with Gasteiger partial charge in [-0.15, -0.1) is 0 Å². The Morgan fingerprint density at radius 1 is 1.26 bits per heavy atom. The molecule has 1 aromatic heterocycles. The Bertz CT molecular complexity index is 1060. The van der Waals surface area contributed by atoms with Crippen molar-refractivity contribution in [1.29, 1.82) is 0 Å². The second-order valence-corrected chi connectivity index (χ2v) is 6.71. The van der Waals surface area contributed by atoms with Crippen LogP contribution in [0.15, 0.2) is 47.3 Å². The van der Waals surface area contributed by atoms with Gasteiger partial charge in [-0.1, -0.05) is 11.6 Å². The van der Waals surface area contributed by atoms with E-state index in [1.165, 1.54) is 28.8 Å². The molecule has 7 heteroatoms. The van der Waals surface area contributed by atoms with E-state index in [0.29, 0.717) is 33.9 Å². The molecule has 2 aromatic carbocycles. The predicted molar refractivity (Wildman–Crippen MR) is 104 cm³/mol. The number of hydrogen-bond donors (Lipinski definition) is 0. The molecule has 0 aliphatic heterocycles. The van der Waals surface area contributed by atoms with Crippen LogP contribution < -0.4 is 5.56 Å². The van der Waals surface area contributed by atoms with Crippen LogP contribution in [0.25, 0.3) is 10.9 Å². The van der Waals surface area contributed by atoms with E-state index in [-0.39, 0.29) is 11.5 Å². The monoisotopic (exact) mass is 387 g/mol. The van der Waals surface area contributed by atoms with Gasteiger partial charge < -0.3 is 4.90 Å². The first-order valence-corrected chi connectivity index (χ1v) is 8.94. The molecule has 1 heterocycles. The molecule has 0 fully saturated rings. The van der Waals surface area contributed by atoms with E-state index in [0.717, 1.165) is 0 Å². The van der Waals surface area contributed by atoms with Crippen LogP contribution in [0, 0.1) is 5.82 Å². The molecule has 1 unspecified atom stereocenters. The highest BCUT2D eigenvalue weighted by Gasteiger charge is 2.25. The number of aromatic nitrogens is 2. The van der Waals surface area contributed by atoms with Crippen LogP contribution in [-0.2, 0) is 7.05 Å². The lowest BCUT2D eigenvalue weighted by Crippen LogP contribution is -2.37. The fraction of sp³-hybridized carbons (Fsp3) is 0.250. The van der Waals surface area contributed by atoms with Crippen LogP contribution in [0.4, 0.5) is 4.39 Å². The average molecular weight is 388 g/mol. The van der Waals surface area contributed by atoms with Gasteiger partial charge in [0.2, 0.25) is 0 Å². The largest absolute Gasteiger partial charge is 0.329 e. The molecule has 5 nitrogen and oxygen atoms in total. The summed E-state index contributed by atoms with van der Waals surface area (Å²) < 4.78 is 14.6. The van der Waals surface area contributed by atoms with Crippen LogP contribution in [0.3, 0.4) is 0 Å². The summed E-state index contributed by atoms with van der Waals surface area (Å²) in [6.07, 6.45) is 0. The number of halogens is 2. The van der Waals surface area contributed by atoms with Crippen molar-refractivity contribution in [3.8, 4) is 0 Å². The quantitative estimate of drug-likeness (QED) is 0.681. The molecular formula is C20H19ClFN3O2. The molecule has 0 spiro atoms. The van der Waals surface area contributed by atoms with Gasteiger partial charge in [-0.3, -0.25) is 14.2 Å². The van der Waals surface area contributed by atoms with Crippen molar-refractivity contribution in [3.63, 3.8) is 0 Å². The van der Waals surface area contributed by atoms with Crippen LogP contribution in [-0.4, -0.2) is 26.9 Å². The number of carbonyl (C=O) groups excluding carboxylic acids is 1. The first kappa shape index (κ1) is 19.0. The van der Waals surface area contributed by atoms with Crippen LogP contribution in [0.2, 0.25) is 5.02 Å². The number of carbonyl (C=O) groups is 1. The summed E-state index contributed by atoms with van der Waals surface area (Å²) in [5, 5.41) is 0.947. The summed E-state index contributed by atoms with van der Waals surface area (Å²) in [6, 6.07) is 9.84. The van der Waals surface area contributed by atoms with Crippen molar-refractivity contribution in [1.82, 2.24) is 14.5 Å². The van der Waals surface area contributed by atoms with Gasteiger partial charge in [-0.25, -0.2) is 9.37 Å². The summed E-state index contributed by atoms with van der Waals surface area (Å²) in [4.78, 5) is 31.7. The summed E-state index contributed by atoms with van der Waals surface area (Å²) >= 11 is 6.03. The standard InChI is InChI=1S/C20H19ClFN3O2/c1-4-25(19(26)13-5-8-15(22)9-6-13)12(2)18-23-17-11-14(21)7-10-16(17)20(27)24(18)3/h5-12H,4H2,1-3H3. The van der Waals surface area contributed by atoms with Crippen molar-refractivity contribution in [2.24, 2.45) is 7.05 Å². The van der Waals surface area contributed by atoms with E-state index in [2.05, 4.69) is 4.98 Å². The van der Waals surface area contributed by atoms with Gasteiger partial charge in [-0.05, 0) is 56.3 Å². The molecule has 27 heavy (non-hydrogen) atoms. The summed E-state index contributed by atoms with van der Waals surface area (Å²) in [5.74, 6) is -0.212. The molecule has 3 aromatic rings. The minimum atomic E-state index is -0.464. The molecule has 1 atom stereocenters. The Hall–Kier alpha value is -2.73. The Balaban J connectivity index is 2.06. The summed E-state index contributed by atoms with van der Waals surface area (Å²) in [6.45, 7) is 4.05. The number of nitrogens with zero attached hydrogens (tertiary/aromatic N) is 3. The average Bonchev–Trinajstić information content (AvgIpc) is 2.65. The topological polar surface area (TPSA) is 55.2 Å². The van der Waals surface area contributed by atoms with Gasteiger partial charge in [0.1, 0.15) is 11.6 Å². The fourth-order valence-corrected chi connectivity index (χ4v) is 3.29. The maximum absolute atomic E-state index is 13.2. The van der Waals surface area contributed by atoms with Gasteiger partial charge in [0.15, 0.2) is 0 Å². The molecule has 0 radical (unpaired) electrons. The molecule has 0 saturated carbocycles. The second-order valence-electron chi connectivity index (χ2n) is 6.27. The Kier molecular flexibility index (Phi) is 5.28. The number of amides is 1. The lowest BCUT2D eigenvalue weighted by atomic mass is 10.1. The molecule has 0 saturated heterocycles. The highest BCUT2D eigenvalue weighted by atomic mass is 35.5. The molecule has 0 aliphatic rings. The lowest BCUT2D eigenvalue weighted by Gasteiger charge is -2.29. The number of fused-ring (bicyclic) bond motifs is 1. The van der Waals surface area contributed by atoms with E-state index in [1.807, 2.05) is 13.8 Å². The van der Waals surface area contributed by atoms with Crippen LogP contribution in [0.1, 0.15) is 36.1 Å². The van der Waals surface area contributed by atoms with Crippen molar-refractivity contribution in [2.45, 2.75) is 19.9 Å². The van der Waals surface area contributed by atoms with Crippen LogP contribution >= 0.6 is 11.6 Å². The third kappa shape index (κ3) is 3.57. The second kappa shape index (κ2) is 7.48. The highest BCUT2D eigenvalue weighted by molar-refractivity contribution is 6.31. The molecule has 0 bridgehead atoms. The number of benzene rings is 2. The minimum Gasteiger partial charge on any atom is -0.329 e. The maximum Gasteiger partial charge on any atom is 0.261 e. The van der Waals surface area contributed by atoms with E-state index < -0.39 is 11.9 Å². The van der Waals surface area contributed by atoms with Crippen molar-refractivity contribution >= 4 is 28.4 Å². The number of hydrogen-bond acceptors (Lipinski definition) is 3. The highest BCUT2D eigenvalue weighted by Crippen LogP contribution is 2.23. The molecule has 140 valence electrons. The summed E-state index contributed by atoms with van der Waals surface area (Å²) in [5.41, 5.74) is 0.653. The first-order valence-electron chi connectivity index (χ1n) is 8.56. The SMILES string of the molecule is CCN(C(=O)c1ccc(F)cc1)C(C)c1nc2cc(Cl)ccc2c(=O)n1C. The Morgan fingerprint density at radius 3 is 2.56 bits per heavy atom. The zero-order chi connectivity index (χ0) is 19.7. The molecule has 1 amide bonds. The smallest absolute Gasteiger partial charge is 0.261 e. The normalized spacial score (nSPS) is 12.2. The summed E-state index contributed by atoms with van der Waals surface area (Å²) in [7, 11) is 1.63. The van der Waals surface area contributed by atoms with Crippen molar-refractivity contribution < 1.29 is 9.18 Å². The predicted octanol–water partition coefficient (Wildman–Crippen LogP) is 3.95. The molecule has 3 rings (SSSR count). The third-order valence-corrected chi connectivity index (χ3v) is 4.84. The first-order chi connectivity index (χ1) is 12.8. The van der Waals surface area contributed by atoms with E-state index in [4.69, 9.17) is 11.6 Å². The lowest BCUT2D eigenvalue weighted by molar-refractivity contribution is 0.0692. The third-order valence-electron chi connectivity index (χ3n) is 4.61. The van der Waals surface area contributed by atoms with Gasteiger partial charge in [-0.2, -0.15) is 0 Å². The van der Waals surface area contributed by atoms with E-state index >= 15 is 0 Å². The van der Waals surface area contributed by atoms with Gasteiger partial charge >= 0.3 is 0 Å². The molecular weight excluding hydrogens is 369 g/mol. The number of rotatable bonds is 4. The van der Waals surface area contributed by atoms with E-state index in [1.54, 1.807) is 30.1 Å². The van der Waals surface area contributed by atoms with Gasteiger partial charge in [0.25, 0.3) is 11.5 Å². The zero-order valence-electron chi connectivity index (χ0n) is 15.2. The molecule has 0 aliphatic carbocycles. The maximum atomic E-state index is 13.2. The fourth-order valence-electron chi connectivity index (χ4n) is 3.13. The van der Waals surface area contributed by atoms with Gasteiger partial charge in [0.05, 0.1) is 16.9 Å². The Morgan fingerprint density at radius 2 is 1.93 bits per heavy atom. The minimum absolute atomic E-state index is 0.205. The van der Waals surface area contributed by atoms with Crippen LogP contribution in [0.5, 0.6) is 0 Å². The van der Waals surface area contributed by atoms with Crippen molar-refractivity contribution in [2.75, 3.05) is 6.54 Å². The Labute approximate surface area is 161 Å². The van der Waals surface area contributed by atoms with E-state index in [9.17, 15) is 14.0 Å². The molecule has 0 N–H and O–H groups in total. The zero-order valence-corrected chi connectivity index (χ0v) is 16.0.